The molecule has 0 spiro atoms. The van der Waals surface area contributed by atoms with Gasteiger partial charge in [0.25, 0.3) is 0 Å². The number of hydrogen-bond acceptors (Lipinski definition) is 3. The number of carbonyl (C=O) groups is 1. The Bertz CT molecular complexity index is 297. The predicted molar refractivity (Wildman–Crippen MR) is 36.3 cm³/mol. The van der Waals surface area contributed by atoms with Crippen LogP contribution in [0.25, 0.3) is 0 Å². The average Bonchev–Trinajstić information content (AvgIpc) is 1.85. The first kappa shape index (κ1) is 11.0. The van der Waals surface area contributed by atoms with Crippen LogP contribution in [0, 0.1) is 0 Å². The molecule has 0 saturated heterocycles. The Morgan fingerprint density at radius 3 is 2.17 bits per heavy atom. The zero-order valence-electron chi connectivity index (χ0n) is 5.83. The summed E-state index contributed by atoms with van der Waals surface area (Å²) in [5, 5.41) is 4.15. The molecule has 70 valence electrons. The lowest BCUT2D eigenvalue weighted by atomic mass is 10.3. The maximum atomic E-state index is 12.8. The molecule has 0 aliphatic rings. The van der Waals surface area contributed by atoms with Crippen LogP contribution in [0.2, 0.25) is 0 Å². The lowest BCUT2D eigenvalue weighted by Crippen LogP contribution is -2.39. The molecule has 12 heavy (non-hydrogen) atoms. The van der Waals surface area contributed by atoms with Crippen molar-refractivity contribution >= 4 is 16.2 Å². The van der Waals surface area contributed by atoms with Gasteiger partial charge in [0, 0.05) is 6.42 Å². The maximum absolute atomic E-state index is 12.8. The number of carboxylic acid groups (broad SMARTS) is 1. The topological polar surface area (TPSA) is 71.4 Å². The highest BCUT2D eigenvalue weighted by Crippen LogP contribution is 2.26. The monoisotopic (exact) mass is 200 g/mol. The summed E-state index contributed by atoms with van der Waals surface area (Å²) in [4.78, 5) is 10.0. The summed E-state index contributed by atoms with van der Waals surface area (Å²) in [6, 6.07) is 0. The number of rotatable bonds is 4. The van der Waals surface area contributed by atoms with Crippen molar-refractivity contribution in [3.63, 3.8) is 0 Å². The molecule has 0 aromatic rings. The Morgan fingerprint density at radius 2 is 2.08 bits per heavy atom. The van der Waals surface area contributed by atoms with Crippen LogP contribution >= 0.6 is 0 Å². The van der Waals surface area contributed by atoms with Gasteiger partial charge in [-0.05, 0) is 0 Å². The van der Waals surface area contributed by atoms with Crippen LogP contribution in [0.4, 0.5) is 8.28 Å². The largest absolute Gasteiger partial charge is 0.478 e. The van der Waals surface area contributed by atoms with E-state index in [9.17, 15) is 21.5 Å². The maximum Gasteiger partial charge on any atom is 0.360 e. The third kappa shape index (κ3) is 1.79. The van der Waals surface area contributed by atoms with E-state index < -0.39 is 27.6 Å². The second-order valence-electron chi connectivity index (χ2n) is 1.96. The minimum atomic E-state index is -5.76. The second-order valence-corrected chi connectivity index (χ2v) is 3.49. The third-order valence-corrected chi connectivity index (χ3v) is 2.23. The van der Waals surface area contributed by atoms with Gasteiger partial charge >= 0.3 is 21.2 Å². The van der Waals surface area contributed by atoms with Crippen molar-refractivity contribution in [2.24, 2.45) is 0 Å². The fourth-order valence-corrected chi connectivity index (χ4v) is 1.00. The minimum Gasteiger partial charge on any atom is -0.478 e. The SMILES string of the molecule is C=CCC(F)(C(=O)O)S(=O)(=O)F. The fraction of sp³-hybridized carbons (Fsp3) is 0.400. The predicted octanol–water partition coefficient (Wildman–Crippen LogP) is 0.612. The molecule has 0 aromatic heterocycles. The van der Waals surface area contributed by atoms with Gasteiger partial charge in [-0.15, -0.1) is 10.5 Å². The van der Waals surface area contributed by atoms with Crippen molar-refractivity contribution in [1.82, 2.24) is 0 Å². The summed E-state index contributed by atoms with van der Waals surface area (Å²) in [5.74, 6) is -2.38. The van der Waals surface area contributed by atoms with Crippen LogP contribution in [0.3, 0.4) is 0 Å². The number of aliphatic carboxylic acids is 1. The van der Waals surface area contributed by atoms with E-state index in [1.54, 1.807) is 0 Å². The number of carboxylic acids is 1. The number of alkyl halides is 1. The molecular weight excluding hydrogens is 194 g/mol. The quantitative estimate of drug-likeness (QED) is 0.533. The number of allylic oxidation sites excluding steroid dienone is 1. The van der Waals surface area contributed by atoms with Gasteiger partial charge in [-0.1, -0.05) is 6.08 Å². The molecule has 1 unspecified atom stereocenters. The second kappa shape index (κ2) is 3.18. The molecule has 0 fully saturated rings. The molecule has 0 radical (unpaired) electrons. The molecule has 7 heteroatoms. The van der Waals surface area contributed by atoms with Gasteiger partial charge in [0.15, 0.2) is 0 Å². The lowest BCUT2D eigenvalue weighted by molar-refractivity contribution is -0.145. The van der Waals surface area contributed by atoms with Crippen LogP contribution in [0.15, 0.2) is 12.7 Å². The van der Waals surface area contributed by atoms with Gasteiger partial charge in [-0.25, -0.2) is 9.18 Å². The molecular formula is C5H6F2O4S. The van der Waals surface area contributed by atoms with E-state index in [0.29, 0.717) is 6.08 Å². The van der Waals surface area contributed by atoms with E-state index in [-0.39, 0.29) is 0 Å². The van der Waals surface area contributed by atoms with Crippen LogP contribution in [-0.4, -0.2) is 24.5 Å². The van der Waals surface area contributed by atoms with Crippen molar-refractivity contribution in [2.75, 3.05) is 0 Å². The summed E-state index contributed by atoms with van der Waals surface area (Å²) < 4.78 is 44.9. The summed E-state index contributed by atoms with van der Waals surface area (Å²) >= 11 is 0. The molecule has 4 nitrogen and oxygen atoms in total. The van der Waals surface area contributed by atoms with Gasteiger partial charge in [-0.3, -0.25) is 0 Å². The van der Waals surface area contributed by atoms with Crippen LogP contribution < -0.4 is 0 Å². The van der Waals surface area contributed by atoms with E-state index in [1.807, 2.05) is 0 Å². The van der Waals surface area contributed by atoms with Gasteiger partial charge in [0.1, 0.15) is 0 Å². The van der Waals surface area contributed by atoms with Crippen LogP contribution in [-0.2, 0) is 15.0 Å². The summed E-state index contributed by atoms with van der Waals surface area (Å²) in [5.41, 5.74) is 0. The first-order valence-electron chi connectivity index (χ1n) is 2.73. The molecule has 0 aliphatic carbocycles. The summed E-state index contributed by atoms with van der Waals surface area (Å²) in [7, 11) is -5.76. The van der Waals surface area contributed by atoms with Gasteiger partial charge in [-0.2, -0.15) is 8.42 Å². The first-order valence-corrected chi connectivity index (χ1v) is 4.11. The van der Waals surface area contributed by atoms with E-state index >= 15 is 0 Å². The number of hydrogen-bond donors (Lipinski definition) is 1. The smallest absolute Gasteiger partial charge is 0.360 e. The van der Waals surface area contributed by atoms with E-state index in [2.05, 4.69) is 6.58 Å². The van der Waals surface area contributed by atoms with Crippen molar-refractivity contribution in [1.29, 1.82) is 0 Å². The zero-order chi connectivity index (χ0) is 9.99. The molecule has 0 bridgehead atoms. The van der Waals surface area contributed by atoms with Crippen molar-refractivity contribution in [3.8, 4) is 0 Å². The van der Waals surface area contributed by atoms with Gasteiger partial charge < -0.3 is 5.11 Å². The average molecular weight is 200 g/mol. The first-order chi connectivity index (χ1) is 5.25. The summed E-state index contributed by atoms with van der Waals surface area (Å²) in [6.07, 6.45) is -0.452. The Morgan fingerprint density at radius 1 is 1.67 bits per heavy atom. The zero-order valence-corrected chi connectivity index (χ0v) is 6.64. The lowest BCUT2D eigenvalue weighted by Gasteiger charge is -2.12. The van der Waals surface area contributed by atoms with Crippen molar-refractivity contribution in [3.05, 3.63) is 12.7 Å². The Balaban J connectivity index is 5.15. The number of halogens is 2. The van der Waals surface area contributed by atoms with Crippen LogP contribution in [0.1, 0.15) is 6.42 Å². The molecule has 0 amide bonds. The molecule has 0 rings (SSSR count). The van der Waals surface area contributed by atoms with Crippen molar-refractivity contribution < 1.29 is 26.6 Å². The van der Waals surface area contributed by atoms with E-state index in [0.717, 1.165) is 0 Å². The molecule has 1 N–H and O–H groups in total. The fourth-order valence-electron chi connectivity index (χ4n) is 0.477. The Labute approximate surface area is 67.7 Å². The van der Waals surface area contributed by atoms with E-state index in [4.69, 9.17) is 5.11 Å². The minimum absolute atomic E-state index is 0.672. The summed E-state index contributed by atoms with van der Waals surface area (Å²) in [6.45, 7) is 2.91. The standard InChI is InChI=1S/C5H6F2O4S/c1-2-3-5(6,4(8)9)12(7,10)11/h2H,1,3H2,(H,8,9). The highest BCUT2D eigenvalue weighted by Gasteiger charge is 2.52. The molecule has 0 saturated carbocycles. The van der Waals surface area contributed by atoms with E-state index in [1.165, 1.54) is 0 Å². The highest BCUT2D eigenvalue weighted by atomic mass is 32.3. The molecule has 0 aromatic carbocycles. The normalized spacial score (nSPS) is 16.5. The van der Waals surface area contributed by atoms with Gasteiger partial charge in [0.05, 0.1) is 0 Å². The van der Waals surface area contributed by atoms with Gasteiger partial charge in [0.2, 0.25) is 0 Å². The molecule has 0 aliphatic heterocycles. The van der Waals surface area contributed by atoms with Crippen LogP contribution in [0.5, 0.6) is 0 Å². The highest BCUT2D eigenvalue weighted by molar-refractivity contribution is 7.88. The molecule has 1 atom stereocenters. The Hall–Kier alpha value is -0.980. The molecule has 0 heterocycles. The Kier molecular flexibility index (Phi) is 2.92. The van der Waals surface area contributed by atoms with Crippen molar-refractivity contribution in [2.45, 2.75) is 11.4 Å². The third-order valence-electron chi connectivity index (χ3n) is 1.11.